The minimum Gasteiger partial charge on any atom is -0.446 e. The van der Waals surface area contributed by atoms with Crippen LogP contribution in [0.2, 0.25) is 0 Å². The van der Waals surface area contributed by atoms with Crippen LogP contribution >= 0.6 is 0 Å². The van der Waals surface area contributed by atoms with Gasteiger partial charge in [-0.3, -0.25) is 14.7 Å². The molecule has 2 aliphatic rings. The van der Waals surface area contributed by atoms with Crippen LogP contribution in [0.1, 0.15) is 25.5 Å². The van der Waals surface area contributed by atoms with E-state index in [1.54, 1.807) is 11.1 Å². The quantitative estimate of drug-likeness (QED) is 0.698. The van der Waals surface area contributed by atoms with E-state index >= 15 is 0 Å². The van der Waals surface area contributed by atoms with Gasteiger partial charge in [0.15, 0.2) is 5.82 Å². The van der Waals surface area contributed by atoms with Crippen LogP contribution < -0.4 is 10.2 Å². The summed E-state index contributed by atoms with van der Waals surface area (Å²) in [7, 11) is 0. The predicted octanol–water partition coefficient (Wildman–Crippen LogP) is 3.03. The lowest BCUT2D eigenvalue weighted by molar-refractivity contribution is -0.114. The third kappa shape index (κ3) is 3.96. The number of aromatic nitrogens is 3. The van der Waals surface area contributed by atoms with Crippen molar-refractivity contribution in [2.75, 3.05) is 30.0 Å². The number of pyridine rings is 2. The number of amides is 2. The molecule has 3 aromatic rings. The fraction of sp³-hybridized carbons (Fsp3) is 0.364. The monoisotopic (exact) mass is 421 g/mol. The summed E-state index contributed by atoms with van der Waals surface area (Å²) in [4.78, 5) is 34.7. The van der Waals surface area contributed by atoms with E-state index in [9.17, 15) is 9.59 Å². The van der Waals surface area contributed by atoms with Crippen LogP contribution in [0.3, 0.4) is 0 Å². The lowest BCUT2D eigenvalue weighted by Crippen LogP contribution is -2.35. The van der Waals surface area contributed by atoms with Crippen molar-refractivity contribution in [1.29, 1.82) is 0 Å². The summed E-state index contributed by atoms with van der Waals surface area (Å²) < 4.78 is 12.9. The van der Waals surface area contributed by atoms with Gasteiger partial charge in [0.05, 0.1) is 30.8 Å². The van der Waals surface area contributed by atoms with E-state index in [-0.39, 0.29) is 18.1 Å². The Hall–Kier alpha value is -3.46. The highest BCUT2D eigenvalue weighted by Gasteiger charge is 2.29. The van der Waals surface area contributed by atoms with Crippen LogP contribution in [0.25, 0.3) is 16.8 Å². The molecule has 0 unspecified atom stereocenters. The zero-order chi connectivity index (χ0) is 21.4. The maximum absolute atomic E-state index is 12.8. The minimum absolute atomic E-state index is 0.0945. The van der Waals surface area contributed by atoms with Crippen molar-refractivity contribution in [3.63, 3.8) is 0 Å². The molecule has 2 amide bonds. The zero-order valence-electron chi connectivity index (χ0n) is 17.2. The van der Waals surface area contributed by atoms with Gasteiger partial charge >= 0.3 is 6.09 Å². The minimum atomic E-state index is -0.324. The Morgan fingerprint density at radius 3 is 2.84 bits per heavy atom. The number of ether oxygens (including phenoxy) is 2. The molecule has 9 nitrogen and oxygen atoms in total. The molecular formula is C22H23N5O4. The number of anilines is 2. The maximum atomic E-state index is 12.8. The van der Waals surface area contributed by atoms with E-state index < -0.39 is 0 Å². The number of nitrogens with zero attached hydrogens (tertiary/aromatic N) is 4. The molecule has 0 atom stereocenters. The molecule has 9 heteroatoms. The lowest BCUT2D eigenvalue weighted by Gasteiger charge is -2.25. The van der Waals surface area contributed by atoms with Crippen LogP contribution in [-0.4, -0.2) is 52.2 Å². The summed E-state index contributed by atoms with van der Waals surface area (Å²) in [5, 5.41) is 2.69. The number of carbonyl (C=O) groups excluding carboxylic acids is 2. The average Bonchev–Trinajstić information content (AvgIpc) is 3.36. The molecule has 1 saturated heterocycles. The summed E-state index contributed by atoms with van der Waals surface area (Å²) in [5.74, 6) is 0.331. The van der Waals surface area contributed by atoms with Gasteiger partial charge < -0.3 is 19.2 Å². The molecule has 2 aliphatic heterocycles. The van der Waals surface area contributed by atoms with Crippen molar-refractivity contribution in [2.24, 2.45) is 0 Å². The second kappa shape index (κ2) is 7.99. The molecule has 0 radical (unpaired) electrons. The van der Waals surface area contributed by atoms with Gasteiger partial charge in [0.1, 0.15) is 11.8 Å². The Kier molecular flexibility index (Phi) is 5.03. The van der Waals surface area contributed by atoms with Crippen LogP contribution in [0, 0.1) is 0 Å². The molecule has 5 heterocycles. The summed E-state index contributed by atoms with van der Waals surface area (Å²) in [6.07, 6.45) is 7.26. The Balaban J connectivity index is 1.39. The van der Waals surface area contributed by atoms with E-state index in [0.717, 1.165) is 41.0 Å². The van der Waals surface area contributed by atoms with E-state index in [1.807, 2.05) is 35.0 Å². The molecule has 0 aliphatic carbocycles. The number of carbonyl (C=O) groups is 2. The largest absolute Gasteiger partial charge is 0.446 e. The maximum Gasteiger partial charge on any atom is 0.414 e. The van der Waals surface area contributed by atoms with Gasteiger partial charge in [0.25, 0.3) is 0 Å². The van der Waals surface area contributed by atoms with Gasteiger partial charge in [-0.1, -0.05) is 0 Å². The third-order valence-electron chi connectivity index (χ3n) is 5.56. The summed E-state index contributed by atoms with van der Waals surface area (Å²) in [5.41, 5.74) is 4.23. The van der Waals surface area contributed by atoms with Crippen molar-refractivity contribution in [1.82, 2.24) is 14.4 Å². The highest BCUT2D eigenvalue weighted by atomic mass is 16.6. The number of hydrogen-bond acceptors (Lipinski definition) is 6. The van der Waals surface area contributed by atoms with E-state index in [1.165, 1.54) is 6.92 Å². The van der Waals surface area contributed by atoms with Gasteiger partial charge in [-0.05, 0) is 18.2 Å². The van der Waals surface area contributed by atoms with Gasteiger partial charge in [-0.2, -0.15) is 0 Å². The molecular weight excluding hydrogens is 398 g/mol. The average molecular weight is 421 g/mol. The van der Waals surface area contributed by atoms with Gasteiger partial charge in [-0.15, -0.1) is 0 Å². The standard InChI is InChI=1S/C22H23N5O4/c1-14(28)24-20-13-26-12-15(2-3-21(26)25-20)16-10-19-18(23-11-16)4-7-27(19)22(29)31-17-5-8-30-9-6-17/h2-3,10-13,17H,4-9H2,1H3,(H,24,28). The molecule has 160 valence electrons. The third-order valence-corrected chi connectivity index (χ3v) is 5.56. The van der Waals surface area contributed by atoms with Crippen LogP contribution in [-0.2, 0) is 20.7 Å². The second-order valence-corrected chi connectivity index (χ2v) is 7.78. The highest BCUT2D eigenvalue weighted by molar-refractivity contribution is 5.91. The van der Waals surface area contributed by atoms with Crippen LogP contribution in [0.5, 0.6) is 0 Å². The smallest absolute Gasteiger partial charge is 0.414 e. The molecule has 0 aromatic carbocycles. The first-order valence-electron chi connectivity index (χ1n) is 10.4. The molecule has 1 fully saturated rings. The fourth-order valence-electron chi connectivity index (χ4n) is 4.00. The van der Waals surface area contributed by atoms with Crippen molar-refractivity contribution >= 4 is 29.2 Å². The molecule has 1 N–H and O–H groups in total. The first kappa shape index (κ1) is 19.5. The Morgan fingerprint density at radius 1 is 1.19 bits per heavy atom. The van der Waals surface area contributed by atoms with Crippen molar-refractivity contribution < 1.29 is 19.1 Å². The first-order valence-corrected chi connectivity index (χ1v) is 10.4. The summed E-state index contributed by atoms with van der Waals surface area (Å²) >= 11 is 0. The second-order valence-electron chi connectivity index (χ2n) is 7.78. The van der Waals surface area contributed by atoms with E-state index in [2.05, 4.69) is 15.3 Å². The van der Waals surface area contributed by atoms with Crippen molar-refractivity contribution in [3.8, 4) is 11.1 Å². The van der Waals surface area contributed by atoms with Gasteiger partial charge in [0, 0.05) is 56.3 Å². The van der Waals surface area contributed by atoms with Gasteiger partial charge in [0.2, 0.25) is 5.91 Å². The van der Waals surface area contributed by atoms with Crippen molar-refractivity contribution in [2.45, 2.75) is 32.3 Å². The number of hydrogen-bond donors (Lipinski definition) is 1. The molecule has 0 saturated carbocycles. The number of nitrogens with one attached hydrogen (secondary N) is 1. The van der Waals surface area contributed by atoms with Crippen LogP contribution in [0.4, 0.5) is 16.3 Å². The SMILES string of the molecule is CC(=O)Nc1cn2cc(-c3cnc4c(c3)N(C(=O)OC3CCOCC3)CC4)ccc2n1. The summed E-state index contributed by atoms with van der Waals surface area (Å²) in [6.45, 7) is 3.26. The van der Waals surface area contributed by atoms with E-state index in [0.29, 0.717) is 32.0 Å². The molecule has 3 aromatic heterocycles. The highest BCUT2D eigenvalue weighted by Crippen LogP contribution is 2.32. The van der Waals surface area contributed by atoms with Crippen LogP contribution in [0.15, 0.2) is 36.8 Å². The zero-order valence-corrected chi connectivity index (χ0v) is 17.2. The number of rotatable bonds is 3. The molecule has 5 rings (SSSR count). The molecule has 0 bridgehead atoms. The predicted molar refractivity (Wildman–Crippen MR) is 114 cm³/mol. The summed E-state index contributed by atoms with van der Waals surface area (Å²) in [6, 6.07) is 5.81. The number of imidazole rings is 1. The molecule has 31 heavy (non-hydrogen) atoms. The number of fused-ring (bicyclic) bond motifs is 2. The molecule has 0 spiro atoms. The van der Waals surface area contributed by atoms with Crippen molar-refractivity contribution in [3.05, 3.63) is 42.5 Å². The Morgan fingerprint density at radius 2 is 2.03 bits per heavy atom. The Bertz CT molecular complexity index is 1150. The first-order chi connectivity index (χ1) is 15.1. The fourth-order valence-corrected chi connectivity index (χ4v) is 4.00. The van der Waals surface area contributed by atoms with Gasteiger partial charge in [-0.25, -0.2) is 9.78 Å². The lowest BCUT2D eigenvalue weighted by atomic mass is 10.1. The van der Waals surface area contributed by atoms with E-state index in [4.69, 9.17) is 9.47 Å². The Labute approximate surface area is 179 Å². The topological polar surface area (TPSA) is 98.1 Å². The normalized spacial score (nSPS) is 16.4.